The van der Waals surface area contributed by atoms with Crippen molar-refractivity contribution in [2.45, 2.75) is 39.2 Å². The van der Waals surface area contributed by atoms with E-state index in [2.05, 4.69) is 29.3 Å². The molecule has 0 spiro atoms. The van der Waals surface area contributed by atoms with Crippen molar-refractivity contribution in [3.05, 3.63) is 21.6 Å². The van der Waals surface area contributed by atoms with Gasteiger partial charge >= 0.3 is 0 Å². The maximum atomic E-state index is 12.1. The first-order chi connectivity index (χ1) is 10.1. The number of halogens is 1. The van der Waals surface area contributed by atoms with E-state index >= 15 is 0 Å². The Morgan fingerprint density at radius 2 is 2.14 bits per heavy atom. The third-order valence-electron chi connectivity index (χ3n) is 4.13. The molecule has 1 saturated heterocycles. The number of anilines is 1. The van der Waals surface area contributed by atoms with Gasteiger partial charge in [-0.15, -0.1) is 0 Å². The highest BCUT2D eigenvalue weighted by Gasteiger charge is 2.17. The molecule has 0 saturated carbocycles. The second-order valence-electron chi connectivity index (χ2n) is 5.88. The van der Waals surface area contributed by atoms with Crippen LogP contribution in [0, 0.1) is 5.92 Å². The number of nitrogens with zero attached hydrogens (tertiary/aromatic N) is 3. The number of hydrogen-bond acceptors (Lipinski definition) is 4. The van der Waals surface area contributed by atoms with Crippen LogP contribution in [0.3, 0.4) is 0 Å². The predicted molar refractivity (Wildman–Crippen MR) is 87.1 cm³/mol. The first-order valence-corrected chi connectivity index (χ1v) is 8.17. The zero-order valence-corrected chi connectivity index (χ0v) is 13.7. The molecule has 2 heterocycles. The second-order valence-corrected chi connectivity index (χ2v) is 6.26. The summed E-state index contributed by atoms with van der Waals surface area (Å²) in [6.07, 6.45) is 6.01. The van der Waals surface area contributed by atoms with E-state index in [0.717, 1.165) is 32.5 Å². The van der Waals surface area contributed by atoms with Crippen LogP contribution >= 0.6 is 11.6 Å². The molecule has 0 radical (unpaired) electrons. The van der Waals surface area contributed by atoms with Crippen molar-refractivity contribution >= 4 is 17.3 Å². The highest BCUT2D eigenvalue weighted by Crippen LogP contribution is 2.20. The van der Waals surface area contributed by atoms with Gasteiger partial charge in [-0.05, 0) is 45.3 Å². The monoisotopic (exact) mass is 312 g/mol. The van der Waals surface area contributed by atoms with Gasteiger partial charge in [-0.25, -0.2) is 4.68 Å². The van der Waals surface area contributed by atoms with Gasteiger partial charge in [-0.3, -0.25) is 4.79 Å². The largest absolute Gasteiger partial charge is 0.382 e. The highest BCUT2D eigenvalue weighted by molar-refractivity contribution is 6.32. The van der Waals surface area contributed by atoms with Crippen LogP contribution in [0.15, 0.2) is 11.0 Å². The first kappa shape index (κ1) is 16.3. The lowest BCUT2D eigenvalue weighted by atomic mass is 9.97. The van der Waals surface area contributed by atoms with E-state index in [1.807, 2.05) is 0 Å². The van der Waals surface area contributed by atoms with Gasteiger partial charge in [-0.2, -0.15) is 5.10 Å². The molecule has 0 aromatic carbocycles. The summed E-state index contributed by atoms with van der Waals surface area (Å²) in [6.45, 7) is 5.84. The van der Waals surface area contributed by atoms with Gasteiger partial charge in [0.15, 0.2) is 0 Å². The molecule has 1 fully saturated rings. The van der Waals surface area contributed by atoms with Gasteiger partial charge in [0.25, 0.3) is 5.56 Å². The van der Waals surface area contributed by atoms with Crippen LogP contribution in [-0.2, 0) is 6.54 Å². The molecule has 0 atom stereocenters. The summed E-state index contributed by atoms with van der Waals surface area (Å²) in [5.41, 5.74) is 0.465. The van der Waals surface area contributed by atoms with E-state index in [1.54, 1.807) is 6.20 Å². The molecule has 6 heteroatoms. The lowest BCUT2D eigenvalue weighted by molar-refractivity contribution is 0.226. The van der Waals surface area contributed by atoms with Crippen molar-refractivity contribution in [2.24, 2.45) is 5.92 Å². The number of aromatic nitrogens is 2. The molecule has 0 amide bonds. The third kappa shape index (κ3) is 4.45. The van der Waals surface area contributed by atoms with Crippen molar-refractivity contribution in [3.8, 4) is 0 Å². The predicted octanol–water partition coefficient (Wildman–Crippen LogP) is 2.45. The van der Waals surface area contributed by atoms with Gasteiger partial charge in [0.1, 0.15) is 5.02 Å². The second kappa shape index (κ2) is 7.80. The van der Waals surface area contributed by atoms with E-state index in [-0.39, 0.29) is 10.6 Å². The Hall–Kier alpha value is -1.07. The number of likely N-dealkylation sites (tertiary alicyclic amines) is 1. The molecule has 2 rings (SSSR count). The van der Waals surface area contributed by atoms with E-state index in [4.69, 9.17) is 11.6 Å². The van der Waals surface area contributed by atoms with E-state index in [0.29, 0.717) is 18.2 Å². The summed E-state index contributed by atoms with van der Waals surface area (Å²) in [4.78, 5) is 14.5. The fourth-order valence-electron chi connectivity index (χ4n) is 2.58. The van der Waals surface area contributed by atoms with Crippen LogP contribution in [0.1, 0.15) is 32.6 Å². The Balaban J connectivity index is 1.94. The Bertz CT molecular complexity index is 509. The SMILES string of the molecule is CCCCn1ncc(NCC2CCN(C)CC2)c(Cl)c1=O. The number of unbranched alkanes of at least 4 members (excludes halogenated alkanes) is 1. The highest BCUT2D eigenvalue weighted by atomic mass is 35.5. The number of nitrogens with one attached hydrogen (secondary N) is 1. The van der Waals surface area contributed by atoms with Crippen LogP contribution in [0.2, 0.25) is 5.02 Å². The average molecular weight is 313 g/mol. The molecule has 0 aliphatic carbocycles. The summed E-state index contributed by atoms with van der Waals surface area (Å²) in [5, 5.41) is 7.76. The molecule has 0 bridgehead atoms. The van der Waals surface area contributed by atoms with Gasteiger partial charge in [-0.1, -0.05) is 24.9 Å². The molecular weight excluding hydrogens is 288 g/mol. The molecule has 1 N–H and O–H groups in total. The van der Waals surface area contributed by atoms with Crippen molar-refractivity contribution in [3.63, 3.8) is 0 Å². The van der Waals surface area contributed by atoms with E-state index in [1.165, 1.54) is 17.5 Å². The van der Waals surface area contributed by atoms with Crippen LogP contribution in [-0.4, -0.2) is 41.4 Å². The summed E-state index contributed by atoms with van der Waals surface area (Å²) >= 11 is 6.17. The summed E-state index contributed by atoms with van der Waals surface area (Å²) < 4.78 is 1.45. The zero-order valence-electron chi connectivity index (χ0n) is 12.9. The molecule has 1 aromatic heterocycles. The maximum Gasteiger partial charge on any atom is 0.287 e. The fraction of sp³-hybridized carbons (Fsp3) is 0.733. The molecule has 0 unspecified atom stereocenters. The topological polar surface area (TPSA) is 50.2 Å². The molecule has 5 nitrogen and oxygen atoms in total. The maximum absolute atomic E-state index is 12.1. The van der Waals surface area contributed by atoms with E-state index in [9.17, 15) is 4.79 Å². The van der Waals surface area contributed by atoms with Crippen molar-refractivity contribution in [1.82, 2.24) is 14.7 Å². The van der Waals surface area contributed by atoms with Gasteiger partial charge < -0.3 is 10.2 Å². The third-order valence-corrected chi connectivity index (χ3v) is 4.49. The average Bonchev–Trinajstić information content (AvgIpc) is 2.49. The fourth-order valence-corrected chi connectivity index (χ4v) is 2.79. The minimum absolute atomic E-state index is 0.196. The Kier molecular flexibility index (Phi) is 6.06. The molecule has 21 heavy (non-hydrogen) atoms. The molecule has 1 aliphatic heterocycles. The lowest BCUT2D eigenvalue weighted by Gasteiger charge is -2.29. The van der Waals surface area contributed by atoms with Gasteiger partial charge in [0.05, 0.1) is 11.9 Å². The molecule has 1 aromatic rings. The number of piperidine rings is 1. The number of hydrogen-bond donors (Lipinski definition) is 1. The number of aryl methyl sites for hydroxylation is 1. The summed E-state index contributed by atoms with van der Waals surface area (Å²) in [6, 6.07) is 0. The smallest absolute Gasteiger partial charge is 0.287 e. The van der Waals surface area contributed by atoms with Crippen molar-refractivity contribution in [1.29, 1.82) is 0 Å². The Morgan fingerprint density at radius 1 is 1.43 bits per heavy atom. The first-order valence-electron chi connectivity index (χ1n) is 7.79. The Morgan fingerprint density at radius 3 is 2.81 bits per heavy atom. The molecular formula is C15H25ClN4O. The number of rotatable bonds is 6. The van der Waals surface area contributed by atoms with Crippen molar-refractivity contribution < 1.29 is 0 Å². The van der Waals surface area contributed by atoms with Crippen LogP contribution in [0.5, 0.6) is 0 Å². The van der Waals surface area contributed by atoms with Gasteiger partial charge in [0.2, 0.25) is 0 Å². The van der Waals surface area contributed by atoms with Crippen LogP contribution in [0.25, 0.3) is 0 Å². The van der Waals surface area contributed by atoms with Crippen molar-refractivity contribution in [2.75, 3.05) is 32.0 Å². The van der Waals surface area contributed by atoms with E-state index < -0.39 is 0 Å². The van der Waals surface area contributed by atoms with Crippen LogP contribution in [0.4, 0.5) is 5.69 Å². The Labute approximate surface area is 131 Å². The minimum Gasteiger partial charge on any atom is -0.382 e. The lowest BCUT2D eigenvalue weighted by Crippen LogP contribution is -2.33. The minimum atomic E-state index is -0.196. The standard InChI is InChI=1S/C15H25ClN4O/c1-3-4-7-20-15(21)14(16)13(11-18-20)17-10-12-5-8-19(2)9-6-12/h11-12,17H,3-10H2,1-2H3. The zero-order chi connectivity index (χ0) is 15.2. The summed E-state index contributed by atoms with van der Waals surface area (Å²) in [7, 11) is 2.15. The van der Waals surface area contributed by atoms with Gasteiger partial charge in [0, 0.05) is 13.1 Å². The summed E-state index contributed by atoms with van der Waals surface area (Å²) in [5.74, 6) is 0.639. The quantitative estimate of drug-likeness (QED) is 0.876. The molecule has 1 aliphatic rings. The normalized spacial score (nSPS) is 17.1. The molecule has 118 valence electrons. The van der Waals surface area contributed by atoms with Crippen LogP contribution < -0.4 is 10.9 Å².